The second kappa shape index (κ2) is 7.24. The van der Waals surface area contributed by atoms with Crippen molar-refractivity contribution in [2.75, 3.05) is 11.5 Å². The van der Waals surface area contributed by atoms with Crippen molar-refractivity contribution < 1.29 is 19.4 Å². The first-order chi connectivity index (χ1) is 10.4. The Hall–Kier alpha value is -1.40. The zero-order chi connectivity index (χ0) is 16.2. The molecule has 0 radical (unpaired) electrons. The van der Waals surface area contributed by atoms with E-state index < -0.39 is 23.5 Å². The summed E-state index contributed by atoms with van der Waals surface area (Å²) in [4.78, 5) is 23.8. The van der Waals surface area contributed by atoms with E-state index in [0.717, 1.165) is 11.5 Å². The number of carbonyl (C=O) groups is 2. The number of thioether (sulfide) groups is 1. The van der Waals surface area contributed by atoms with Gasteiger partial charge in [-0.1, -0.05) is 17.7 Å². The van der Waals surface area contributed by atoms with Gasteiger partial charge in [0.05, 0.1) is 0 Å². The Bertz CT molecular complexity index is 560. The van der Waals surface area contributed by atoms with Crippen molar-refractivity contribution in [2.45, 2.75) is 31.4 Å². The molecule has 2 N–H and O–H groups in total. The molecule has 5 nitrogen and oxygen atoms in total. The minimum atomic E-state index is -1.19. The molecule has 2 rings (SSSR count). The zero-order valence-corrected chi connectivity index (χ0v) is 13.7. The molecule has 0 aromatic heterocycles. The lowest BCUT2D eigenvalue weighted by atomic mass is 9.92. The van der Waals surface area contributed by atoms with E-state index >= 15 is 0 Å². The SMILES string of the molecule is CC(Oc1cccc(Cl)c1)C(=O)NC1(C(=O)O)CCSCC1. The second-order valence-electron chi connectivity index (χ2n) is 5.21. The summed E-state index contributed by atoms with van der Waals surface area (Å²) in [5.74, 6) is 0.482. The maximum Gasteiger partial charge on any atom is 0.329 e. The summed E-state index contributed by atoms with van der Waals surface area (Å²) in [6.07, 6.45) is 0.0369. The Morgan fingerprint density at radius 1 is 1.41 bits per heavy atom. The van der Waals surface area contributed by atoms with Crippen LogP contribution in [-0.2, 0) is 9.59 Å². The lowest BCUT2D eigenvalue weighted by Crippen LogP contribution is -2.58. The summed E-state index contributed by atoms with van der Waals surface area (Å²) in [6, 6.07) is 6.73. The average Bonchev–Trinajstić information content (AvgIpc) is 2.48. The van der Waals surface area contributed by atoms with E-state index in [-0.39, 0.29) is 0 Å². The highest BCUT2D eigenvalue weighted by Gasteiger charge is 2.42. The van der Waals surface area contributed by atoms with E-state index in [1.165, 1.54) is 0 Å². The monoisotopic (exact) mass is 343 g/mol. The number of carbonyl (C=O) groups excluding carboxylic acids is 1. The number of hydrogen-bond donors (Lipinski definition) is 2. The Morgan fingerprint density at radius 3 is 2.68 bits per heavy atom. The number of halogens is 1. The normalized spacial score (nSPS) is 18.3. The van der Waals surface area contributed by atoms with Gasteiger partial charge in [0.1, 0.15) is 11.3 Å². The van der Waals surface area contributed by atoms with Crippen LogP contribution in [0.25, 0.3) is 0 Å². The molecule has 7 heteroatoms. The number of ether oxygens (including phenoxy) is 1. The molecule has 0 spiro atoms. The van der Waals surface area contributed by atoms with Crippen LogP contribution in [0.2, 0.25) is 5.02 Å². The van der Waals surface area contributed by atoms with Crippen molar-refractivity contribution in [3.05, 3.63) is 29.3 Å². The molecule has 1 unspecified atom stereocenters. The topological polar surface area (TPSA) is 75.6 Å². The van der Waals surface area contributed by atoms with Gasteiger partial charge in [0.25, 0.3) is 5.91 Å². The van der Waals surface area contributed by atoms with Gasteiger partial charge in [-0.2, -0.15) is 11.8 Å². The van der Waals surface area contributed by atoms with E-state index in [4.69, 9.17) is 16.3 Å². The van der Waals surface area contributed by atoms with E-state index in [0.29, 0.717) is 23.6 Å². The largest absolute Gasteiger partial charge is 0.481 e. The number of hydrogen-bond acceptors (Lipinski definition) is 4. The Morgan fingerprint density at radius 2 is 2.09 bits per heavy atom. The van der Waals surface area contributed by atoms with Crippen molar-refractivity contribution in [1.82, 2.24) is 5.32 Å². The molecule has 1 saturated heterocycles. The molecular formula is C15H18ClNO4S. The van der Waals surface area contributed by atoms with Crippen LogP contribution in [0.15, 0.2) is 24.3 Å². The summed E-state index contributed by atoms with van der Waals surface area (Å²) in [6.45, 7) is 1.59. The molecule has 1 amide bonds. The Balaban J connectivity index is 2.02. The summed E-state index contributed by atoms with van der Waals surface area (Å²) >= 11 is 7.56. The molecular weight excluding hydrogens is 326 g/mol. The van der Waals surface area contributed by atoms with Crippen molar-refractivity contribution in [3.63, 3.8) is 0 Å². The van der Waals surface area contributed by atoms with Gasteiger partial charge in [-0.15, -0.1) is 0 Å². The summed E-state index contributed by atoms with van der Waals surface area (Å²) in [7, 11) is 0. The van der Waals surface area contributed by atoms with Crippen molar-refractivity contribution in [2.24, 2.45) is 0 Å². The molecule has 1 heterocycles. The number of nitrogens with one attached hydrogen (secondary N) is 1. The van der Waals surface area contributed by atoms with E-state index in [2.05, 4.69) is 5.32 Å². The van der Waals surface area contributed by atoms with Crippen molar-refractivity contribution in [1.29, 1.82) is 0 Å². The molecule has 1 fully saturated rings. The van der Waals surface area contributed by atoms with Crippen LogP contribution in [0.5, 0.6) is 5.75 Å². The van der Waals surface area contributed by atoms with Crippen LogP contribution < -0.4 is 10.1 Å². The van der Waals surface area contributed by atoms with Crippen molar-refractivity contribution >= 4 is 35.2 Å². The van der Waals surface area contributed by atoms with Gasteiger partial charge >= 0.3 is 5.97 Å². The fourth-order valence-corrected chi connectivity index (χ4v) is 3.62. The first-order valence-electron chi connectivity index (χ1n) is 6.98. The molecule has 1 aliphatic rings. The van der Waals surface area contributed by atoms with Gasteiger partial charge in [-0.3, -0.25) is 4.79 Å². The van der Waals surface area contributed by atoms with E-state index in [1.807, 2.05) is 0 Å². The molecule has 120 valence electrons. The summed E-state index contributed by atoms with van der Waals surface area (Å²) in [5, 5.41) is 12.6. The molecule has 0 aliphatic carbocycles. The molecule has 0 saturated carbocycles. The van der Waals surface area contributed by atoms with Gasteiger partial charge in [0.2, 0.25) is 0 Å². The van der Waals surface area contributed by atoms with Crippen LogP contribution in [0, 0.1) is 0 Å². The third-order valence-corrected chi connectivity index (χ3v) is 4.82. The molecule has 1 aromatic carbocycles. The molecule has 22 heavy (non-hydrogen) atoms. The highest BCUT2D eigenvalue weighted by Crippen LogP contribution is 2.27. The van der Waals surface area contributed by atoms with Gasteiger partial charge in [-0.25, -0.2) is 4.79 Å². The van der Waals surface area contributed by atoms with Crippen LogP contribution in [0.4, 0.5) is 0 Å². The van der Waals surface area contributed by atoms with Gasteiger partial charge in [-0.05, 0) is 49.5 Å². The maximum atomic E-state index is 12.3. The lowest BCUT2D eigenvalue weighted by molar-refractivity contribution is -0.149. The number of rotatable bonds is 5. The minimum absolute atomic E-state index is 0.419. The van der Waals surface area contributed by atoms with Crippen molar-refractivity contribution in [3.8, 4) is 5.75 Å². The average molecular weight is 344 g/mol. The van der Waals surface area contributed by atoms with Crippen LogP contribution in [0.3, 0.4) is 0 Å². The standard InChI is InChI=1S/C15H18ClNO4S/c1-10(21-12-4-2-3-11(16)9-12)13(18)17-15(14(19)20)5-7-22-8-6-15/h2-4,9-10H,5-8H2,1H3,(H,17,18)(H,19,20). The Labute approximate surface area is 138 Å². The number of benzene rings is 1. The van der Waals surface area contributed by atoms with Crippen LogP contribution in [0.1, 0.15) is 19.8 Å². The maximum absolute atomic E-state index is 12.3. The summed E-state index contributed by atoms with van der Waals surface area (Å²) in [5.41, 5.74) is -1.19. The highest BCUT2D eigenvalue weighted by atomic mass is 35.5. The predicted octanol–water partition coefficient (Wildman–Crippen LogP) is 2.57. The molecule has 1 atom stereocenters. The van der Waals surface area contributed by atoms with E-state index in [1.54, 1.807) is 43.0 Å². The van der Waals surface area contributed by atoms with Crippen LogP contribution in [-0.4, -0.2) is 40.1 Å². The fraction of sp³-hybridized carbons (Fsp3) is 0.467. The second-order valence-corrected chi connectivity index (χ2v) is 6.87. The Kier molecular flexibility index (Phi) is 5.58. The number of carboxylic acids is 1. The van der Waals surface area contributed by atoms with Gasteiger partial charge in [0.15, 0.2) is 6.10 Å². The smallest absolute Gasteiger partial charge is 0.329 e. The quantitative estimate of drug-likeness (QED) is 0.859. The first-order valence-corrected chi connectivity index (χ1v) is 8.52. The molecule has 1 aliphatic heterocycles. The first kappa shape index (κ1) is 17.0. The number of amides is 1. The third kappa shape index (κ3) is 4.08. The zero-order valence-electron chi connectivity index (χ0n) is 12.2. The van der Waals surface area contributed by atoms with E-state index in [9.17, 15) is 14.7 Å². The number of carboxylic acid groups (broad SMARTS) is 1. The minimum Gasteiger partial charge on any atom is -0.481 e. The molecule has 0 bridgehead atoms. The summed E-state index contributed by atoms with van der Waals surface area (Å²) < 4.78 is 5.53. The molecule has 1 aromatic rings. The fourth-order valence-electron chi connectivity index (χ4n) is 2.25. The lowest BCUT2D eigenvalue weighted by Gasteiger charge is -2.34. The predicted molar refractivity (Wildman–Crippen MR) is 86.6 cm³/mol. The third-order valence-electron chi connectivity index (χ3n) is 3.60. The van der Waals surface area contributed by atoms with Crippen LogP contribution >= 0.6 is 23.4 Å². The van der Waals surface area contributed by atoms with Gasteiger partial charge < -0.3 is 15.2 Å². The van der Waals surface area contributed by atoms with Gasteiger partial charge in [0, 0.05) is 5.02 Å². The number of aliphatic carboxylic acids is 1. The highest BCUT2D eigenvalue weighted by molar-refractivity contribution is 7.99.